The Hall–Kier alpha value is -2.19. The molecule has 1 aliphatic heterocycles. The molecule has 0 bridgehead atoms. The molecule has 1 fully saturated rings. The first-order valence-electron chi connectivity index (χ1n) is 9.30. The van der Waals surface area contributed by atoms with E-state index in [1.807, 2.05) is 0 Å². The van der Waals surface area contributed by atoms with Gasteiger partial charge >= 0.3 is 0 Å². The van der Waals surface area contributed by atoms with E-state index in [4.69, 9.17) is 4.74 Å². The van der Waals surface area contributed by atoms with Gasteiger partial charge in [0.2, 0.25) is 5.91 Å². The summed E-state index contributed by atoms with van der Waals surface area (Å²) in [5.74, 6) is 0.591. The molecule has 1 heterocycles. The van der Waals surface area contributed by atoms with Crippen molar-refractivity contribution in [1.82, 2.24) is 15.5 Å². The molecule has 1 aliphatic rings. The molecule has 2 rings (SSSR count). The van der Waals surface area contributed by atoms with Gasteiger partial charge in [-0.3, -0.25) is 14.7 Å². The molecule has 1 unspecified atom stereocenters. The first-order chi connectivity index (χ1) is 13.0. The molecule has 1 saturated heterocycles. The third kappa shape index (κ3) is 7.92. The van der Waals surface area contributed by atoms with Gasteiger partial charge in [-0.25, -0.2) is 4.39 Å². The molecule has 0 saturated carbocycles. The van der Waals surface area contributed by atoms with Gasteiger partial charge in [-0.2, -0.15) is 0 Å². The Morgan fingerprint density at radius 2 is 2.07 bits per heavy atom. The van der Waals surface area contributed by atoms with Gasteiger partial charge < -0.3 is 20.7 Å². The molecule has 1 aromatic carbocycles. The van der Waals surface area contributed by atoms with Gasteiger partial charge in [0, 0.05) is 38.9 Å². The fraction of sp³-hybridized carbons (Fsp3) is 0.579. The van der Waals surface area contributed by atoms with Gasteiger partial charge in [0.1, 0.15) is 5.82 Å². The summed E-state index contributed by atoms with van der Waals surface area (Å²) in [5, 5.41) is 8.86. The van der Waals surface area contributed by atoms with Crippen molar-refractivity contribution in [3.63, 3.8) is 0 Å². The number of aliphatic imine (C=N–C) groups is 1. The van der Waals surface area contributed by atoms with Crippen molar-refractivity contribution in [2.24, 2.45) is 10.9 Å². The lowest BCUT2D eigenvalue weighted by Gasteiger charge is -2.34. The SMILES string of the molecule is CN=C(NCC(=O)Nc1ccc(F)cc1)NCC1CN(CC(C)C)CCO1. The predicted molar refractivity (Wildman–Crippen MR) is 105 cm³/mol. The van der Waals surface area contributed by atoms with Crippen molar-refractivity contribution in [3.05, 3.63) is 30.1 Å². The fourth-order valence-electron chi connectivity index (χ4n) is 2.92. The monoisotopic (exact) mass is 379 g/mol. The van der Waals surface area contributed by atoms with Gasteiger partial charge in [-0.05, 0) is 30.2 Å². The molecule has 150 valence electrons. The number of benzene rings is 1. The number of amides is 1. The lowest BCUT2D eigenvalue weighted by Crippen LogP contribution is -2.50. The second-order valence-corrected chi connectivity index (χ2v) is 7.01. The van der Waals surface area contributed by atoms with Crippen LogP contribution >= 0.6 is 0 Å². The summed E-state index contributed by atoms with van der Waals surface area (Å²) in [6.07, 6.45) is 0.0871. The Kier molecular flexibility index (Phi) is 8.47. The number of morpholine rings is 1. The van der Waals surface area contributed by atoms with Crippen LogP contribution in [0.2, 0.25) is 0 Å². The molecule has 3 N–H and O–H groups in total. The molecule has 0 radical (unpaired) electrons. The number of carbonyl (C=O) groups is 1. The number of halogens is 1. The van der Waals surface area contributed by atoms with Crippen LogP contribution in [0.1, 0.15) is 13.8 Å². The van der Waals surface area contributed by atoms with E-state index < -0.39 is 0 Å². The number of hydrogen-bond acceptors (Lipinski definition) is 4. The maximum Gasteiger partial charge on any atom is 0.243 e. The second-order valence-electron chi connectivity index (χ2n) is 7.01. The van der Waals surface area contributed by atoms with Crippen LogP contribution in [-0.2, 0) is 9.53 Å². The van der Waals surface area contributed by atoms with Crippen LogP contribution < -0.4 is 16.0 Å². The molecule has 8 heteroatoms. The summed E-state index contributed by atoms with van der Waals surface area (Å²) < 4.78 is 18.7. The van der Waals surface area contributed by atoms with Crippen molar-refractivity contribution >= 4 is 17.6 Å². The van der Waals surface area contributed by atoms with Crippen molar-refractivity contribution in [1.29, 1.82) is 0 Å². The maximum atomic E-state index is 12.9. The Balaban J connectivity index is 1.70. The summed E-state index contributed by atoms with van der Waals surface area (Å²) in [5.41, 5.74) is 0.548. The summed E-state index contributed by atoms with van der Waals surface area (Å²) in [6, 6.07) is 5.64. The van der Waals surface area contributed by atoms with E-state index in [1.165, 1.54) is 24.3 Å². The highest BCUT2D eigenvalue weighted by atomic mass is 19.1. The van der Waals surface area contributed by atoms with Gasteiger partial charge in [-0.1, -0.05) is 13.8 Å². The number of ether oxygens (including phenoxy) is 1. The number of nitrogens with zero attached hydrogens (tertiary/aromatic N) is 2. The zero-order valence-electron chi connectivity index (χ0n) is 16.3. The minimum absolute atomic E-state index is 0.0576. The Labute approximate surface area is 160 Å². The summed E-state index contributed by atoms with van der Waals surface area (Å²) in [7, 11) is 1.65. The van der Waals surface area contributed by atoms with Gasteiger partial charge in [0.15, 0.2) is 5.96 Å². The summed E-state index contributed by atoms with van der Waals surface area (Å²) in [6.45, 7) is 8.74. The van der Waals surface area contributed by atoms with Gasteiger partial charge in [-0.15, -0.1) is 0 Å². The smallest absolute Gasteiger partial charge is 0.243 e. The van der Waals surface area contributed by atoms with E-state index in [-0.39, 0.29) is 24.4 Å². The zero-order valence-corrected chi connectivity index (χ0v) is 16.3. The average Bonchev–Trinajstić information content (AvgIpc) is 2.63. The molecular weight excluding hydrogens is 349 g/mol. The number of rotatable bonds is 7. The topological polar surface area (TPSA) is 78.0 Å². The van der Waals surface area contributed by atoms with Crippen LogP contribution in [-0.4, -0.2) is 69.2 Å². The molecule has 0 spiro atoms. The first kappa shape index (κ1) is 21.1. The normalized spacial score (nSPS) is 18.4. The Morgan fingerprint density at radius 3 is 2.74 bits per heavy atom. The van der Waals surface area contributed by atoms with Crippen molar-refractivity contribution in [2.45, 2.75) is 20.0 Å². The van der Waals surface area contributed by atoms with Crippen LogP contribution in [0.15, 0.2) is 29.3 Å². The highest BCUT2D eigenvalue weighted by Crippen LogP contribution is 2.08. The third-order valence-electron chi connectivity index (χ3n) is 4.11. The number of anilines is 1. The minimum Gasteiger partial charge on any atom is -0.374 e. The van der Waals surface area contributed by atoms with Crippen molar-refractivity contribution < 1.29 is 13.9 Å². The summed E-state index contributed by atoms with van der Waals surface area (Å²) >= 11 is 0. The second kappa shape index (κ2) is 10.8. The summed E-state index contributed by atoms with van der Waals surface area (Å²) in [4.78, 5) is 18.5. The van der Waals surface area contributed by atoms with Crippen LogP contribution in [0.3, 0.4) is 0 Å². The highest BCUT2D eigenvalue weighted by Gasteiger charge is 2.21. The van der Waals surface area contributed by atoms with Crippen LogP contribution in [0.25, 0.3) is 0 Å². The Bertz CT molecular complexity index is 621. The lowest BCUT2D eigenvalue weighted by molar-refractivity contribution is -0.115. The largest absolute Gasteiger partial charge is 0.374 e. The molecule has 1 aromatic rings. The fourth-order valence-corrected chi connectivity index (χ4v) is 2.92. The average molecular weight is 379 g/mol. The predicted octanol–water partition coefficient (Wildman–Crippen LogP) is 1.29. The van der Waals surface area contributed by atoms with Crippen molar-refractivity contribution in [2.75, 3.05) is 51.7 Å². The van der Waals surface area contributed by atoms with Crippen LogP contribution in [0.5, 0.6) is 0 Å². The molecule has 1 amide bonds. The third-order valence-corrected chi connectivity index (χ3v) is 4.11. The van der Waals surface area contributed by atoms with Crippen molar-refractivity contribution in [3.8, 4) is 0 Å². The number of carbonyl (C=O) groups excluding carboxylic acids is 1. The van der Waals surface area contributed by atoms with Crippen LogP contribution in [0.4, 0.5) is 10.1 Å². The van der Waals surface area contributed by atoms with E-state index in [0.717, 1.165) is 26.2 Å². The van der Waals surface area contributed by atoms with E-state index in [9.17, 15) is 9.18 Å². The van der Waals surface area contributed by atoms with Gasteiger partial charge in [0.25, 0.3) is 0 Å². The number of guanidine groups is 1. The number of hydrogen-bond donors (Lipinski definition) is 3. The number of nitrogens with one attached hydrogen (secondary N) is 3. The molecule has 1 atom stereocenters. The molecule has 0 aliphatic carbocycles. The molecular formula is C19H30FN5O2. The quantitative estimate of drug-likeness (QED) is 0.492. The highest BCUT2D eigenvalue weighted by molar-refractivity contribution is 5.94. The minimum atomic E-state index is -0.340. The zero-order chi connectivity index (χ0) is 19.6. The van der Waals surface area contributed by atoms with Crippen LogP contribution in [0, 0.1) is 11.7 Å². The van der Waals surface area contributed by atoms with E-state index >= 15 is 0 Å². The van der Waals surface area contributed by atoms with E-state index in [0.29, 0.717) is 24.1 Å². The first-order valence-corrected chi connectivity index (χ1v) is 9.30. The maximum absolute atomic E-state index is 12.9. The standard InChI is InChI=1S/C19H30FN5O2/c1-14(2)12-25-8-9-27-17(13-25)10-22-19(21-3)23-11-18(26)24-16-6-4-15(20)5-7-16/h4-7,14,17H,8-13H2,1-3H3,(H,24,26)(H2,21,22,23). The Morgan fingerprint density at radius 1 is 1.33 bits per heavy atom. The molecule has 27 heavy (non-hydrogen) atoms. The van der Waals surface area contributed by atoms with E-state index in [2.05, 4.69) is 39.7 Å². The van der Waals surface area contributed by atoms with E-state index in [1.54, 1.807) is 7.05 Å². The van der Waals surface area contributed by atoms with Gasteiger partial charge in [0.05, 0.1) is 19.3 Å². The lowest BCUT2D eigenvalue weighted by atomic mass is 10.2. The molecule has 0 aromatic heterocycles. The molecule has 7 nitrogen and oxygen atoms in total.